The Kier molecular flexibility index (Phi) is 4.33. The van der Waals surface area contributed by atoms with Gasteiger partial charge in [0.1, 0.15) is 0 Å². The lowest BCUT2D eigenvalue weighted by Crippen LogP contribution is -2.46. The van der Waals surface area contributed by atoms with Crippen LogP contribution in [0.1, 0.15) is 40.0 Å². The van der Waals surface area contributed by atoms with Gasteiger partial charge >= 0.3 is 0 Å². The molecule has 1 aromatic rings. The fraction of sp³-hybridized carbons (Fsp3) is 0.714. The van der Waals surface area contributed by atoms with Gasteiger partial charge in [0.2, 0.25) is 0 Å². The van der Waals surface area contributed by atoms with Crippen LogP contribution in [0.25, 0.3) is 0 Å². The maximum absolute atomic E-state index is 12.6. The van der Waals surface area contributed by atoms with Gasteiger partial charge in [0.05, 0.1) is 0 Å². The molecule has 1 aliphatic heterocycles. The predicted molar refractivity (Wildman–Crippen MR) is 82.3 cm³/mol. The minimum atomic E-state index is -0.214. The van der Waals surface area contributed by atoms with Crippen molar-refractivity contribution >= 4 is 21.7 Å². The monoisotopic (exact) mass is 327 g/mol. The predicted octanol–water partition coefficient (Wildman–Crippen LogP) is 2.75. The number of hydrogen-bond acceptors (Lipinski definition) is 3. The summed E-state index contributed by atoms with van der Waals surface area (Å²) >= 11 is 3.55. The summed E-state index contributed by atoms with van der Waals surface area (Å²) < 4.78 is 1.77. The van der Waals surface area contributed by atoms with E-state index < -0.39 is 0 Å². The van der Waals surface area contributed by atoms with Crippen molar-refractivity contribution < 1.29 is 0 Å². The van der Waals surface area contributed by atoms with E-state index in [0.717, 1.165) is 24.7 Å². The Morgan fingerprint density at radius 3 is 2.79 bits per heavy atom. The van der Waals surface area contributed by atoms with Gasteiger partial charge in [0, 0.05) is 35.8 Å². The van der Waals surface area contributed by atoms with E-state index in [9.17, 15) is 4.79 Å². The van der Waals surface area contributed by atoms with E-state index in [-0.39, 0.29) is 11.1 Å². The van der Waals surface area contributed by atoms with Crippen molar-refractivity contribution in [1.82, 2.24) is 9.55 Å². The molecule has 1 saturated heterocycles. The summed E-state index contributed by atoms with van der Waals surface area (Å²) in [6.45, 7) is 7.04. The van der Waals surface area contributed by atoms with Crippen molar-refractivity contribution in [2.24, 2.45) is 0 Å². The van der Waals surface area contributed by atoms with Crippen LogP contribution in [0.4, 0.5) is 5.82 Å². The smallest absolute Gasteiger partial charge is 0.293 e. The van der Waals surface area contributed by atoms with Crippen LogP contribution in [0.2, 0.25) is 0 Å². The summed E-state index contributed by atoms with van der Waals surface area (Å²) in [6, 6.07) is 0.379. The molecule has 19 heavy (non-hydrogen) atoms. The molecule has 0 aromatic carbocycles. The molecule has 5 heteroatoms. The SMILES string of the molecule is CC(C)(C)n1ccnc(N2CCCCC2CBr)c1=O. The number of rotatable bonds is 2. The van der Waals surface area contributed by atoms with Crippen molar-refractivity contribution in [3.05, 3.63) is 22.7 Å². The first-order valence-corrected chi connectivity index (χ1v) is 7.98. The number of alkyl halides is 1. The number of hydrogen-bond donors (Lipinski definition) is 0. The third kappa shape index (κ3) is 3.02. The first-order chi connectivity index (χ1) is 8.95. The topological polar surface area (TPSA) is 38.1 Å². The van der Waals surface area contributed by atoms with Crippen LogP contribution in [-0.4, -0.2) is 27.5 Å². The summed E-state index contributed by atoms with van der Waals surface area (Å²) in [5.41, 5.74) is -0.197. The average molecular weight is 328 g/mol. The van der Waals surface area contributed by atoms with Crippen LogP contribution in [0, 0.1) is 0 Å². The van der Waals surface area contributed by atoms with E-state index in [1.54, 1.807) is 17.0 Å². The van der Waals surface area contributed by atoms with Gasteiger partial charge in [0.15, 0.2) is 5.82 Å². The number of nitrogens with zero attached hydrogens (tertiary/aromatic N) is 3. The van der Waals surface area contributed by atoms with E-state index in [4.69, 9.17) is 0 Å². The second kappa shape index (κ2) is 5.65. The molecule has 0 saturated carbocycles. The number of anilines is 1. The van der Waals surface area contributed by atoms with Gasteiger partial charge in [-0.1, -0.05) is 15.9 Å². The van der Waals surface area contributed by atoms with Crippen molar-refractivity contribution in [2.75, 3.05) is 16.8 Å². The first kappa shape index (κ1) is 14.6. The molecule has 4 nitrogen and oxygen atoms in total. The highest BCUT2D eigenvalue weighted by molar-refractivity contribution is 9.09. The molecule has 1 aliphatic rings. The standard InChI is InChI=1S/C14H22BrN3O/c1-14(2,3)18-9-7-16-12(13(18)19)17-8-5-4-6-11(17)10-15/h7,9,11H,4-6,8,10H2,1-3H3. The molecule has 106 valence electrons. The third-order valence-corrected chi connectivity index (χ3v) is 4.37. The van der Waals surface area contributed by atoms with Crippen molar-refractivity contribution in [3.63, 3.8) is 0 Å². The molecule has 0 amide bonds. The summed E-state index contributed by atoms with van der Waals surface area (Å²) in [7, 11) is 0. The number of aromatic nitrogens is 2. The largest absolute Gasteiger partial charge is 0.348 e. The van der Waals surface area contributed by atoms with Crippen LogP contribution in [0.3, 0.4) is 0 Å². The molecule has 1 fully saturated rings. The highest BCUT2D eigenvalue weighted by Crippen LogP contribution is 2.22. The minimum absolute atomic E-state index is 0.0165. The zero-order valence-corrected chi connectivity index (χ0v) is 13.5. The second-order valence-corrected chi connectivity index (χ2v) is 6.74. The number of halogens is 1. The summed E-state index contributed by atoms with van der Waals surface area (Å²) in [6.07, 6.45) is 7.00. The van der Waals surface area contributed by atoms with Gasteiger partial charge in [-0.2, -0.15) is 0 Å². The van der Waals surface area contributed by atoms with Crippen LogP contribution in [0.5, 0.6) is 0 Å². The Morgan fingerprint density at radius 2 is 2.16 bits per heavy atom. The Labute approximate surface area is 123 Å². The maximum atomic E-state index is 12.6. The second-order valence-electron chi connectivity index (χ2n) is 6.09. The molecule has 1 aromatic heterocycles. The Balaban J connectivity index is 2.42. The summed E-state index contributed by atoms with van der Waals surface area (Å²) in [5.74, 6) is 0.599. The zero-order valence-electron chi connectivity index (χ0n) is 11.9. The molecule has 0 aliphatic carbocycles. The van der Waals surface area contributed by atoms with Gasteiger partial charge in [-0.25, -0.2) is 4.98 Å². The van der Waals surface area contributed by atoms with E-state index >= 15 is 0 Å². The van der Waals surface area contributed by atoms with Crippen LogP contribution < -0.4 is 10.5 Å². The lowest BCUT2D eigenvalue weighted by Gasteiger charge is -2.35. The lowest BCUT2D eigenvalue weighted by atomic mass is 10.0. The van der Waals surface area contributed by atoms with E-state index in [2.05, 4.69) is 25.8 Å². The van der Waals surface area contributed by atoms with Crippen LogP contribution >= 0.6 is 15.9 Å². The van der Waals surface area contributed by atoms with E-state index in [1.807, 2.05) is 20.8 Å². The average Bonchev–Trinajstić information content (AvgIpc) is 2.37. The van der Waals surface area contributed by atoms with Gasteiger partial charge in [-0.15, -0.1) is 0 Å². The summed E-state index contributed by atoms with van der Waals surface area (Å²) in [5, 5.41) is 0.887. The van der Waals surface area contributed by atoms with Crippen molar-refractivity contribution in [1.29, 1.82) is 0 Å². The van der Waals surface area contributed by atoms with Gasteiger partial charge < -0.3 is 9.47 Å². The van der Waals surface area contributed by atoms with Crippen molar-refractivity contribution in [2.45, 2.75) is 51.6 Å². The van der Waals surface area contributed by atoms with E-state index in [1.165, 1.54) is 6.42 Å². The van der Waals surface area contributed by atoms with Gasteiger partial charge in [-0.05, 0) is 40.0 Å². The van der Waals surface area contributed by atoms with Crippen LogP contribution in [-0.2, 0) is 5.54 Å². The normalized spacial score (nSPS) is 20.6. The zero-order chi connectivity index (χ0) is 14.0. The fourth-order valence-corrected chi connectivity index (χ4v) is 3.24. The first-order valence-electron chi connectivity index (χ1n) is 6.86. The molecule has 2 rings (SSSR count). The molecule has 0 radical (unpaired) electrons. The molecular weight excluding hydrogens is 306 g/mol. The molecule has 0 N–H and O–H groups in total. The highest BCUT2D eigenvalue weighted by Gasteiger charge is 2.26. The van der Waals surface area contributed by atoms with Crippen LogP contribution in [0.15, 0.2) is 17.2 Å². The quantitative estimate of drug-likeness (QED) is 0.784. The lowest BCUT2D eigenvalue weighted by molar-refractivity contribution is 0.380. The fourth-order valence-electron chi connectivity index (χ4n) is 2.57. The Morgan fingerprint density at radius 1 is 1.42 bits per heavy atom. The minimum Gasteiger partial charge on any atom is -0.348 e. The number of piperidine rings is 1. The van der Waals surface area contributed by atoms with E-state index in [0.29, 0.717) is 11.9 Å². The molecule has 0 bridgehead atoms. The molecule has 1 unspecified atom stereocenters. The molecular formula is C14H22BrN3O. The highest BCUT2D eigenvalue weighted by atomic mass is 79.9. The molecule has 0 spiro atoms. The Hall–Kier alpha value is -0.840. The molecule has 1 atom stereocenters. The summed E-state index contributed by atoms with van der Waals surface area (Å²) in [4.78, 5) is 19.1. The Bertz CT molecular complexity index is 492. The van der Waals surface area contributed by atoms with Gasteiger partial charge in [0.25, 0.3) is 5.56 Å². The van der Waals surface area contributed by atoms with Gasteiger partial charge in [-0.3, -0.25) is 4.79 Å². The molecule has 2 heterocycles. The van der Waals surface area contributed by atoms with Crippen molar-refractivity contribution in [3.8, 4) is 0 Å². The third-order valence-electron chi connectivity index (χ3n) is 3.62. The maximum Gasteiger partial charge on any atom is 0.293 e.